The second kappa shape index (κ2) is 5.64. The first kappa shape index (κ1) is 16.5. The van der Waals surface area contributed by atoms with Crippen molar-refractivity contribution in [3.63, 3.8) is 0 Å². The molecule has 1 aliphatic carbocycles. The van der Waals surface area contributed by atoms with Gasteiger partial charge in [-0.3, -0.25) is 0 Å². The van der Waals surface area contributed by atoms with E-state index in [0.717, 1.165) is 16.9 Å². The molecule has 3 rings (SSSR count). The van der Waals surface area contributed by atoms with Crippen LogP contribution in [-0.2, 0) is 9.31 Å². The molecule has 1 saturated heterocycles. The largest absolute Gasteiger partial charge is 0.525 e. The van der Waals surface area contributed by atoms with E-state index >= 15 is 0 Å². The van der Waals surface area contributed by atoms with Crippen LogP contribution in [0.1, 0.15) is 52.0 Å². The van der Waals surface area contributed by atoms with Crippen LogP contribution in [0.4, 0.5) is 4.39 Å². The van der Waals surface area contributed by atoms with E-state index < -0.39 is 18.3 Å². The van der Waals surface area contributed by atoms with Gasteiger partial charge in [0.1, 0.15) is 11.5 Å². The summed E-state index contributed by atoms with van der Waals surface area (Å²) >= 11 is 0. The molecule has 1 heterocycles. The van der Waals surface area contributed by atoms with Crippen molar-refractivity contribution in [2.24, 2.45) is 0 Å². The number of para-hydroxylation sites is 1. The fourth-order valence-electron chi connectivity index (χ4n) is 3.07. The van der Waals surface area contributed by atoms with Crippen LogP contribution in [0.15, 0.2) is 35.6 Å². The van der Waals surface area contributed by atoms with Gasteiger partial charge in [-0.25, -0.2) is 4.39 Å². The van der Waals surface area contributed by atoms with Crippen LogP contribution in [0, 0.1) is 0 Å². The van der Waals surface area contributed by atoms with Gasteiger partial charge in [-0.2, -0.15) is 0 Å². The lowest BCUT2D eigenvalue weighted by molar-refractivity contribution is 0.00578. The highest BCUT2D eigenvalue weighted by molar-refractivity contribution is 6.53. The number of halogens is 1. The van der Waals surface area contributed by atoms with E-state index in [1.807, 2.05) is 52.0 Å². The number of allylic oxidation sites excluding steroid dienone is 1. The molecule has 0 N–H and O–H groups in total. The third kappa shape index (κ3) is 2.81. The summed E-state index contributed by atoms with van der Waals surface area (Å²) in [6.45, 7) is 7.74. The molecule has 0 aromatic heterocycles. The van der Waals surface area contributed by atoms with E-state index in [4.69, 9.17) is 14.0 Å². The van der Waals surface area contributed by atoms with E-state index in [9.17, 15) is 4.39 Å². The molecule has 2 fully saturated rings. The Morgan fingerprint density at radius 2 is 1.70 bits per heavy atom. The van der Waals surface area contributed by atoms with Crippen LogP contribution >= 0.6 is 0 Å². The Kier molecular flexibility index (Phi) is 4.05. The van der Waals surface area contributed by atoms with Crippen molar-refractivity contribution < 1.29 is 18.4 Å². The Morgan fingerprint density at radius 1 is 1.13 bits per heavy atom. The van der Waals surface area contributed by atoms with Crippen LogP contribution in [0.3, 0.4) is 0 Å². The molecule has 1 aliphatic heterocycles. The van der Waals surface area contributed by atoms with Gasteiger partial charge in [-0.15, -0.1) is 0 Å². The molecule has 0 amide bonds. The molecule has 3 nitrogen and oxygen atoms in total. The number of rotatable bonds is 3. The third-order valence-electron chi connectivity index (χ3n) is 5.36. The number of hydrogen-bond acceptors (Lipinski definition) is 3. The zero-order valence-electron chi connectivity index (χ0n) is 14.5. The third-order valence-corrected chi connectivity index (χ3v) is 5.36. The van der Waals surface area contributed by atoms with Crippen molar-refractivity contribution in [2.45, 2.75) is 57.7 Å². The Hall–Kier alpha value is -1.33. The molecule has 1 aromatic carbocycles. The van der Waals surface area contributed by atoms with Crippen molar-refractivity contribution in [2.75, 3.05) is 7.11 Å². The van der Waals surface area contributed by atoms with Crippen LogP contribution in [0.5, 0.6) is 5.75 Å². The van der Waals surface area contributed by atoms with Gasteiger partial charge in [0, 0.05) is 0 Å². The van der Waals surface area contributed by atoms with Gasteiger partial charge in [-0.1, -0.05) is 18.2 Å². The molecule has 0 unspecified atom stereocenters. The molecule has 0 bridgehead atoms. The second-order valence-electron chi connectivity index (χ2n) is 7.39. The molecule has 1 aromatic rings. The number of methoxy groups -OCH3 is 1. The predicted molar refractivity (Wildman–Crippen MR) is 89.2 cm³/mol. The van der Waals surface area contributed by atoms with Gasteiger partial charge in [0.05, 0.1) is 18.3 Å². The first-order chi connectivity index (χ1) is 10.7. The average Bonchev–Trinajstić information content (AvgIpc) is 2.66. The molecule has 0 atom stereocenters. The van der Waals surface area contributed by atoms with Crippen LogP contribution in [-0.4, -0.2) is 25.4 Å². The molecule has 1 saturated carbocycles. The number of hydrogen-bond donors (Lipinski definition) is 0. The standard InChI is InChI=1S/C18H24BFO3/c1-17(2)18(3,4)23-19(22-17)16(20)13-10-12(11-13)14-8-6-7-9-15(14)21-5/h6-9,12H,10-11H2,1-5H3. The minimum absolute atomic E-state index is 0.255. The Balaban J connectivity index is 1.72. The quantitative estimate of drug-likeness (QED) is 0.772. The zero-order valence-corrected chi connectivity index (χ0v) is 14.5. The molecule has 2 aliphatic rings. The molecule has 0 radical (unpaired) electrons. The highest BCUT2D eigenvalue weighted by atomic mass is 19.1. The number of benzene rings is 1. The van der Waals surface area contributed by atoms with Gasteiger partial charge in [0.2, 0.25) is 0 Å². The molecular weight excluding hydrogens is 294 g/mol. The maximum Gasteiger partial charge on any atom is 0.525 e. The second-order valence-corrected chi connectivity index (χ2v) is 7.39. The maximum atomic E-state index is 14.7. The molecule has 23 heavy (non-hydrogen) atoms. The molecule has 124 valence electrons. The summed E-state index contributed by atoms with van der Waals surface area (Å²) in [6, 6.07) is 7.93. The Bertz CT molecular complexity index is 615. The van der Waals surface area contributed by atoms with Crippen LogP contribution in [0.2, 0.25) is 0 Å². The molecular formula is C18H24BFO3. The minimum atomic E-state index is -0.881. The lowest BCUT2D eigenvalue weighted by atomic mass is 9.70. The van der Waals surface area contributed by atoms with E-state index in [-0.39, 0.29) is 5.73 Å². The van der Waals surface area contributed by atoms with Gasteiger partial charge in [0.25, 0.3) is 0 Å². The highest BCUT2D eigenvalue weighted by Crippen LogP contribution is 2.48. The summed E-state index contributed by atoms with van der Waals surface area (Å²) in [7, 11) is 0.785. The van der Waals surface area contributed by atoms with E-state index in [0.29, 0.717) is 18.8 Å². The van der Waals surface area contributed by atoms with Crippen molar-refractivity contribution in [1.29, 1.82) is 0 Å². The first-order valence-electron chi connectivity index (χ1n) is 8.11. The summed E-state index contributed by atoms with van der Waals surface area (Å²) in [4.78, 5) is 0. The lowest BCUT2D eigenvalue weighted by Crippen LogP contribution is -2.41. The predicted octanol–water partition coefficient (Wildman–Crippen LogP) is 4.43. The van der Waals surface area contributed by atoms with E-state index in [1.54, 1.807) is 7.11 Å². The zero-order chi connectivity index (χ0) is 16.8. The van der Waals surface area contributed by atoms with E-state index in [2.05, 4.69) is 0 Å². The minimum Gasteiger partial charge on any atom is -0.496 e. The maximum absolute atomic E-state index is 14.7. The number of ether oxygens (including phenoxy) is 1. The monoisotopic (exact) mass is 318 g/mol. The summed E-state index contributed by atoms with van der Waals surface area (Å²) in [5.41, 5.74) is 0.651. The van der Waals surface area contributed by atoms with Gasteiger partial charge < -0.3 is 14.0 Å². The van der Waals surface area contributed by atoms with Crippen molar-refractivity contribution in [3.8, 4) is 5.75 Å². The smallest absolute Gasteiger partial charge is 0.496 e. The highest BCUT2D eigenvalue weighted by Gasteiger charge is 2.54. The fraction of sp³-hybridized carbons (Fsp3) is 0.556. The summed E-state index contributed by atoms with van der Waals surface area (Å²) < 4.78 is 31.7. The summed E-state index contributed by atoms with van der Waals surface area (Å²) in [5, 5.41) is 0. The Labute approximate surface area is 138 Å². The van der Waals surface area contributed by atoms with Gasteiger partial charge in [-0.05, 0) is 63.7 Å². The SMILES string of the molecule is COc1ccccc1C1CC(=C(F)B2OC(C)(C)C(C)(C)O2)C1. The molecule has 5 heteroatoms. The molecule has 0 spiro atoms. The van der Waals surface area contributed by atoms with Gasteiger partial charge in [0.15, 0.2) is 0 Å². The van der Waals surface area contributed by atoms with Crippen LogP contribution < -0.4 is 4.74 Å². The van der Waals surface area contributed by atoms with Crippen molar-refractivity contribution in [3.05, 3.63) is 41.1 Å². The lowest BCUT2D eigenvalue weighted by Gasteiger charge is -2.32. The average molecular weight is 318 g/mol. The van der Waals surface area contributed by atoms with Crippen LogP contribution in [0.25, 0.3) is 0 Å². The van der Waals surface area contributed by atoms with Gasteiger partial charge >= 0.3 is 7.12 Å². The summed E-state index contributed by atoms with van der Waals surface area (Å²) in [5.74, 6) is 1.17. The van der Waals surface area contributed by atoms with E-state index in [1.165, 1.54) is 0 Å². The fourth-order valence-corrected chi connectivity index (χ4v) is 3.07. The van der Waals surface area contributed by atoms with Crippen molar-refractivity contribution in [1.82, 2.24) is 0 Å². The van der Waals surface area contributed by atoms with Crippen molar-refractivity contribution >= 4 is 7.12 Å². The topological polar surface area (TPSA) is 27.7 Å². The Morgan fingerprint density at radius 3 is 2.26 bits per heavy atom. The summed E-state index contributed by atoms with van der Waals surface area (Å²) in [6.07, 6.45) is 1.38. The normalized spacial score (nSPS) is 25.2. The first-order valence-corrected chi connectivity index (χ1v) is 8.11.